The number of hydrogen-bond donors (Lipinski definition) is 0. The molecule has 3 fully saturated rings. The molecule has 1 aromatic rings. The van der Waals surface area contributed by atoms with Gasteiger partial charge < -0.3 is 4.74 Å². The summed E-state index contributed by atoms with van der Waals surface area (Å²) in [4.78, 5) is 12.5. The molecular weight excluding hydrogens is 314 g/mol. The summed E-state index contributed by atoms with van der Waals surface area (Å²) in [5.41, 5.74) is -0.0322. The summed E-state index contributed by atoms with van der Waals surface area (Å²) in [5, 5.41) is 0. The van der Waals surface area contributed by atoms with Crippen molar-refractivity contribution in [3.05, 3.63) is 29.8 Å². The van der Waals surface area contributed by atoms with Gasteiger partial charge in [-0.1, -0.05) is 17.7 Å². The molecule has 3 aliphatic rings. The minimum Gasteiger partial charge on any atom is -0.358 e. The van der Waals surface area contributed by atoms with Crippen molar-refractivity contribution in [2.75, 3.05) is 6.54 Å². The van der Waals surface area contributed by atoms with Crippen LogP contribution < -0.4 is 0 Å². The van der Waals surface area contributed by atoms with Crippen molar-refractivity contribution in [1.29, 1.82) is 0 Å². The molecule has 0 bridgehead atoms. The fourth-order valence-electron chi connectivity index (χ4n) is 3.81. The zero-order valence-corrected chi connectivity index (χ0v) is 14.4. The van der Waals surface area contributed by atoms with Gasteiger partial charge in [-0.15, -0.1) is 0 Å². The number of Topliss-reactive ketones (excluding diaryl/α,β-unsaturated/α-hetero) is 1. The Morgan fingerprint density at radius 3 is 2.48 bits per heavy atom. The fourth-order valence-corrected chi connectivity index (χ4v) is 5.67. The molecule has 5 atom stereocenters. The van der Waals surface area contributed by atoms with Crippen LogP contribution in [0, 0.1) is 12.8 Å². The van der Waals surface area contributed by atoms with Crippen LogP contribution in [-0.2, 0) is 19.6 Å². The van der Waals surface area contributed by atoms with Crippen LogP contribution in [0.1, 0.15) is 32.3 Å². The first-order valence-corrected chi connectivity index (χ1v) is 9.42. The third-order valence-electron chi connectivity index (χ3n) is 5.85. The number of ketones is 1. The van der Waals surface area contributed by atoms with E-state index in [-0.39, 0.29) is 17.8 Å². The lowest BCUT2D eigenvalue weighted by Gasteiger charge is -2.27. The molecule has 0 amide bonds. The summed E-state index contributed by atoms with van der Waals surface area (Å²) in [6.07, 6.45) is 1.14. The number of fused-ring (bicyclic) bond motifs is 1. The largest absolute Gasteiger partial charge is 0.358 e. The molecule has 0 radical (unpaired) electrons. The molecule has 2 saturated heterocycles. The van der Waals surface area contributed by atoms with Crippen LogP contribution >= 0.6 is 0 Å². The van der Waals surface area contributed by atoms with E-state index in [0.717, 1.165) is 12.0 Å². The number of nitrogens with zero attached hydrogens (tertiary/aromatic N) is 1. The number of aryl methyl sites for hydroxylation is 1. The Labute approximate surface area is 136 Å². The summed E-state index contributed by atoms with van der Waals surface area (Å²) >= 11 is 0. The second-order valence-electron chi connectivity index (χ2n) is 7.46. The maximum atomic E-state index is 12.8. The first-order valence-electron chi connectivity index (χ1n) is 7.98. The third-order valence-corrected chi connectivity index (χ3v) is 7.84. The van der Waals surface area contributed by atoms with Crippen molar-refractivity contribution < 1.29 is 17.9 Å². The number of epoxide rings is 1. The Morgan fingerprint density at radius 1 is 1.22 bits per heavy atom. The number of sulfonamides is 1. The van der Waals surface area contributed by atoms with Crippen molar-refractivity contribution in [2.45, 2.75) is 55.8 Å². The molecule has 1 aromatic carbocycles. The molecule has 4 rings (SSSR count). The van der Waals surface area contributed by atoms with Gasteiger partial charge in [0, 0.05) is 13.0 Å². The van der Waals surface area contributed by atoms with Gasteiger partial charge in [0.1, 0.15) is 5.60 Å². The SMILES string of the molecule is Cc1ccc(S(=O)(=O)N2C[C@@]2(C)[C@@H]2CC(=O)[C@@]3(C)O[C@H]3C2)cc1. The molecule has 2 aliphatic heterocycles. The molecule has 0 spiro atoms. The summed E-state index contributed by atoms with van der Waals surface area (Å²) in [5.74, 6) is 0.148. The van der Waals surface area contributed by atoms with Gasteiger partial charge in [-0.2, -0.15) is 4.31 Å². The molecule has 0 N–H and O–H groups in total. The molecule has 6 heteroatoms. The van der Waals surface area contributed by atoms with E-state index in [2.05, 4.69) is 0 Å². The van der Waals surface area contributed by atoms with Crippen LogP contribution in [0.5, 0.6) is 0 Å². The van der Waals surface area contributed by atoms with E-state index in [1.807, 2.05) is 20.8 Å². The van der Waals surface area contributed by atoms with E-state index in [9.17, 15) is 13.2 Å². The van der Waals surface area contributed by atoms with Gasteiger partial charge >= 0.3 is 0 Å². The molecule has 23 heavy (non-hydrogen) atoms. The molecule has 1 aliphatic carbocycles. The average molecular weight is 335 g/mol. The van der Waals surface area contributed by atoms with Crippen molar-refractivity contribution >= 4 is 15.8 Å². The Morgan fingerprint density at radius 2 is 1.87 bits per heavy atom. The lowest BCUT2D eigenvalue weighted by atomic mass is 9.76. The van der Waals surface area contributed by atoms with Crippen LogP contribution in [0.3, 0.4) is 0 Å². The highest BCUT2D eigenvalue weighted by Crippen LogP contribution is 2.55. The zero-order valence-electron chi connectivity index (χ0n) is 13.6. The van der Waals surface area contributed by atoms with E-state index in [1.54, 1.807) is 24.3 Å². The predicted octanol–water partition coefficient (Wildman–Crippen LogP) is 1.89. The Kier molecular flexibility index (Phi) is 2.95. The van der Waals surface area contributed by atoms with Crippen molar-refractivity contribution in [1.82, 2.24) is 4.31 Å². The standard InChI is InChI=1S/C17H21NO4S/c1-11-4-6-13(7-5-11)23(20,21)18-10-16(18,2)12-8-14(19)17(3)15(9-12)22-17/h4-7,12,15H,8-10H2,1-3H3/t12-,15+,16+,17-,18?/m1/s1. The molecule has 1 saturated carbocycles. The summed E-state index contributed by atoms with van der Waals surface area (Å²) in [6, 6.07) is 6.91. The van der Waals surface area contributed by atoms with Gasteiger partial charge in [-0.3, -0.25) is 4.79 Å². The number of hydrogen-bond acceptors (Lipinski definition) is 4. The second-order valence-corrected chi connectivity index (χ2v) is 9.32. The second kappa shape index (κ2) is 4.43. The Balaban J connectivity index is 1.56. The molecule has 1 unspecified atom stereocenters. The maximum Gasteiger partial charge on any atom is 0.243 e. The van der Waals surface area contributed by atoms with Crippen LogP contribution in [-0.4, -0.2) is 42.3 Å². The molecule has 5 nitrogen and oxygen atoms in total. The summed E-state index contributed by atoms with van der Waals surface area (Å²) in [6.45, 7) is 6.19. The average Bonchev–Trinajstić information content (AvgIpc) is 3.36. The van der Waals surface area contributed by atoms with E-state index in [4.69, 9.17) is 4.74 Å². The minimum atomic E-state index is -3.49. The first kappa shape index (κ1) is 15.3. The number of rotatable bonds is 3. The minimum absolute atomic E-state index is 0.0323. The molecule has 0 aromatic heterocycles. The molecular formula is C17H21NO4S. The lowest BCUT2D eigenvalue weighted by molar-refractivity contribution is -0.125. The van der Waals surface area contributed by atoms with Crippen LogP contribution in [0.15, 0.2) is 29.2 Å². The smallest absolute Gasteiger partial charge is 0.243 e. The molecule has 124 valence electrons. The highest BCUT2D eigenvalue weighted by atomic mass is 32.2. The fraction of sp³-hybridized carbons (Fsp3) is 0.588. The predicted molar refractivity (Wildman–Crippen MR) is 84.5 cm³/mol. The van der Waals surface area contributed by atoms with Gasteiger partial charge in [0.25, 0.3) is 0 Å². The van der Waals surface area contributed by atoms with Crippen molar-refractivity contribution in [2.24, 2.45) is 5.92 Å². The monoisotopic (exact) mass is 335 g/mol. The van der Waals surface area contributed by atoms with Gasteiger partial charge in [0.2, 0.25) is 10.0 Å². The highest BCUT2D eigenvalue weighted by molar-refractivity contribution is 7.89. The van der Waals surface area contributed by atoms with Crippen molar-refractivity contribution in [3.63, 3.8) is 0 Å². The van der Waals surface area contributed by atoms with Crippen LogP contribution in [0.2, 0.25) is 0 Å². The Hall–Kier alpha value is -1.24. The van der Waals surface area contributed by atoms with E-state index in [0.29, 0.717) is 17.9 Å². The highest BCUT2D eigenvalue weighted by Gasteiger charge is 2.68. The number of ether oxygens (including phenoxy) is 1. The molecule has 2 heterocycles. The number of carbonyl (C=O) groups is 1. The third kappa shape index (κ3) is 2.12. The zero-order chi connectivity index (χ0) is 16.6. The number of benzene rings is 1. The number of carbonyl (C=O) groups excluding carboxylic acids is 1. The van der Waals surface area contributed by atoms with Gasteiger partial charge in [0.05, 0.1) is 16.5 Å². The van der Waals surface area contributed by atoms with E-state index in [1.165, 1.54) is 4.31 Å². The quantitative estimate of drug-likeness (QED) is 0.791. The maximum absolute atomic E-state index is 12.8. The van der Waals surface area contributed by atoms with Gasteiger partial charge in [-0.25, -0.2) is 8.42 Å². The summed E-state index contributed by atoms with van der Waals surface area (Å²) < 4.78 is 32.7. The van der Waals surface area contributed by atoms with Gasteiger partial charge in [0.15, 0.2) is 5.78 Å². The summed E-state index contributed by atoms with van der Waals surface area (Å²) in [7, 11) is -3.49. The van der Waals surface area contributed by atoms with Crippen LogP contribution in [0.4, 0.5) is 0 Å². The normalized spacial score (nSPS) is 42.2. The van der Waals surface area contributed by atoms with E-state index >= 15 is 0 Å². The lowest BCUT2D eigenvalue weighted by Crippen LogP contribution is -2.39. The topological polar surface area (TPSA) is 66.8 Å². The first-order chi connectivity index (χ1) is 10.7. The van der Waals surface area contributed by atoms with Crippen LogP contribution in [0.25, 0.3) is 0 Å². The van der Waals surface area contributed by atoms with E-state index < -0.39 is 21.2 Å². The van der Waals surface area contributed by atoms with Gasteiger partial charge in [-0.05, 0) is 45.2 Å². The van der Waals surface area contributed by atoms with Crippen molar-refractivity contribution in [3.8, 4) is 0 Å². The Bertz CT molecular complexity index is 787.